The molecule has 2 rings (SSSR count). The Labute approximate surface area is 121 Å². The number of hydrogen-bond acceptors (Lipinski definition) is 5. The van der Waals surface area contributed by atoms with E-state index in [0.717, 1.165) is 44.3 Å². The highest BCUT2D eigenvalue weighted by Crippen LogP contribution is 2.20. The lowest BCUT2D eigenvalue weighted by molar-refractivity contribution is -0.0279. The van der Waals surface area contributed by atoms with Crippen molar-refractivity contribution in [3.63, 3.8) is 0 Å². The number of nitrogens with zero attached hydrogens (tertiary/aromatic N) is 3. The highest BCUT2D eigenvalue weighted by Gasteiger charge is 2.28. The molecule has 1 saturated heterocycles. The fourth-order valence-corrected chi connectivity index (χ4v) is 2.33. The van der Waals surface area contributed by atoms with E-state index in [1.807, 2.05) is 12.4 Å². The molecule has 0 bridgehead atoms. The van der Waals surface area contributed by atoms with Gasteiger partial charge >= 0.3 is 0 Å². The zero-order chi connectivity index (χ0) is 14.6. The molecule has 1 fully saturated rings. The molecule has 1 aromatic rings. The number of rotatable bonds is 5. The Morgan fingerprint density at radius 3 is 2.90 bits per heavy atom. The van der Waals surface area contributed by atoms with Crippen LogP contribution in [0.15, 0.2) is 12.4 Å². The molecule has 1 aliphatic heterocycles. The van der Waals surface area contributed by atoms with Crippen LogP contribution < -0.4 is 10.2 Å². The van der Waals surface area contributed by atoms with Crippen LogP contribution in [-0.2, 0) is 11.3 Å². The second kappa shape index (κ2) is 6.50. The highest BCUT2D eigenvalue weighted by molar-refractivity contribution is 5.37. The van der Waals surface area contributed by atoms with Crippen molar-refractivity contribution in [3.05, 3.63) is 18.1 Å². The van der Waals surface area contributed by atoms with Crippen LogP contribution in [0.25, 0.3) is 0 Å². The summed E-state index contributed by atoms with van der Waals surface area (Å²) in [5.41, 5.74) is 0.874. The maximum Gasteiger partial charge on any atom is 0.147 e. The van der Waals surface area contributed by atoms with E-state index in [1.165, 1.54) is 0 Å². The fourth-order valence-electron chi connectivity index (χ4n) is 2.33. The predicted octanol–water partition coefficient (Wildman–Crippen LogP) is 1.84. The van der Waals surface area contributed by atoms with Gasteiger partial charge in [-0.1, -0.05) is 13.8 Å². The zero-order valence-corrected chi connectivity index (χ0v) is 13.0. The highest BCUT2D eigenvalue weighted by atomic mass is 16.5. The second-order valence-electron chi connectivity index (χ2n) is 6.42. The smallest absolute Gasteiger partial charge is 0.147 e. The van der Waals surface area contributed by atoms with Gasteiger partial charge in [-0.3, -0.25) is 4.98 Å². The van der Waals surface area contributed by atoms with Crippen LogP contribution in [0.2, 0.25) is 0 Å². The molecule has 0 aliphatic carbocycles. The van der Waals surface area contributed by atoms with Crippen LogP contribution in [-0.4, -0.2) is 41.8 Å². The molecule has 0 amide bonds. The summed E-state index contributed by atoms with van der Waals surface area (Å²) in [5.74, 6) is 1.59. The zero-order valence-electron chi connectivity index (χ0n) is 13.0. The van der Waals surface area contributed by atoms with Gasteiger partial charge in [0.15, 0.2) is 0 Å². The number of ether oxygens (including phenoxy) is 1. The van der Waals surface area contributed by atoms with Crippen molar-refractivity contribution in [1.29, 1.82) is 0 Å². The molecule has 0 radical (unpaired) electrons. The van der Waals surface area contributed by atoms with Crippen molar-refractivity contribution in [2.75, 3.05) is 31.1 Å². The van der Waals surface area contributed by atoms with Gasteiger partial charge in [0.25, 0.3) is 0 Å². The summed E-state index contributed by atoms with van der Waals surface area (Å²) in [5, 5.41) is 3.40. The van der Waals surface area contributed by atoms with Crippen LogP contribution >= 0.6 is 0 Å². The van der Waals surface area contributed by atoms with Crippen molar-refractivity contribution < 1.29 is 4.74 Å². The molecule has 0 unspecified atom stereocenters. The molecule has 0 spiro atoms. The number of hydrogen-bond donors (Lipinski definition) is 1. The predicted molar refractivity (Wildman–Crippen MR) is 80.8 cm³/mol. The summed E-state index contributed by atoms with van der Waals surface area (Å²) in [4.78, 5) is 11.3. The van der Waals surface area contributed by atoms with Crippen molar-refractivity contribution in [2.24, 2.45) is 5.92 Å². The molecular weight excluding hydrogens is 252 g/mol. The first-order valence-electron chi connectivity index (χ1n) is 7.37. The van der Waals surface area contributed by atoms with E-state index in [1.54, 1.807) is 0 Å². The lowest BCUT2D eigenvalue weighted by Gasteiger charge is -2.38. The molecule has 2 heterocycles. The van der Waals surface area contributed by atoms with Gasteiger partial charge in [0.1, 0.15) is 5.82 Å². The fraction of sp³-hybridized carbons (Fsp3) is 0.733. The minimum Gasteiger partial charge on any atom is -0.372 e. The summed E-state index contributed by atoms with van der Waals surface area (Å²) in [6.45, 7) is 12.9. The van der Waals surface area contributed by atoms with Crippen molar-refractivity contribution in [1.82, 2.24) is 15.3 Å². The van der Waals surface area contributed by atoms with E-state index in [0.29, 0.717) is 5.92 Å². The summed E-state index contributed by atoms with van der Waals surface area (Å²) >= 11 is 0. The number of morpholine rings is 1. The largest absolute Gasteiger partial charge is 0.372 e. The van der Waals surface area contributed by atoms with Gasteiger partial charge in [-0.25, -0.2) is 4.98 Å². The van der Waals surface area contributed by atoms with E-state index in [4.69, 9.17) is 9.72 Å². The topological polar surface area (TPSA) is 50.3 Å². The summed E-state index contributed by atoms with van der Waals surface area (Å²) < 4.78 is 5.74. The molecule has 1 aromatic heterocycles. The van der Waals surface area contributed by atoms with E-state index in [2.05, 4.69) is 42.9 Å². The number of anilines is 1. The SMILES string of the molecule is CC(C)CNCc1cncc(N2CCOC(C)(C)C2)n1. The minimum atomic E-state index is -0.119. The molecule has 20 heavy (non-hydrogen) atoms. The third kappa shape index (κ3) is 4.42. The maximum atomic E-state index is 5.74. The molecule has 0 aromatic carbocycles. The molecule has 0 saturated carbocycles. The van der Waals surface area contributed by atoms with E-state index < -0.39 is 0 Å². The van der Waals surface area contributed by atoms with Crippen molar-refractivity contribution in [3.8, 4) is 0 Å². The third-order valence-corrected chi connectivity index (χ3v) is 3.28. The van der Waals surface area contributed by atoms with Crippen LogP contribution in [0, 0.1) is 5.92 Å². The van der Waals surface area contributed by atoms with Crippen molar-refractivity contribution in [2.45, 2.75) is 39.8 Å². The Hall–Kier alpha value is -1.20. The Kier molecular flexibility index (Phi) is 4.94. The Balaban J connectivity index is 1.98. The molecule has 5 nitrogen and oxygen atoms in total. The Bertz CT molecular complexity index is 434. The average molecular weight is 278 g/mol. The second-order valence-corrected chi connectivity index (χ2v) is 6.42. The normalized spacial score (nSPS) is 18.6. The van der Waals surface area contributed by atoms with Gasteiger partial charge in [-0.2, -0.15) is 0 Å². The number of aromatic nitrogens is 2. The lowest BCUT2D eigenvalue weighted by atomic mass is 10.1. The van der Waals surface area contributed by atoms with Crippen LogP contribution in [0.3, 0.4) is 0 Å². The molecule has 1 aliphatic rings. The first-order valence-corrected chi connectivity index (χ1v) is 7.37. The number of nitrogens with one attached hydrogen (secondary N) is 1. The average Bonchev–Trinajstić information content (AvgIpc) is 2.37. The quantitative estimate of drug-likeness (QED) is 0.890. The Morgan fingerprint density at radius 1 is 1.40 bits per heavy atom. The third-order valence-electron chi connectivity index (χ3n) is 3.28. The van der Waals surface area contributed by atoms with Gasteiger partial charge in [0.2, 0.25) is 0 Å². The first kappa shape index (κ1) is 15.2. The summed E-state index contributed by atoms with van der Waals surface area (Å²) in [6, 6.07) is 0. The van der Waals surface area contributed by atoms with Crippen LogP contribution in [0.5, 0.6) is 0 Å². The molecule has 112 valence electrons. The summed E-state index contributed by atoms with van der Waals surface area (Å²) in [6.07, 6.45) is 3.68. The molecular formula is C15H26N4O. The van der Waals surface area contributed by atoms with Gasteiger partial charge in [-0.15, -0.1) is 0 Å². The molecule has 1 N–H and O–H groups in total. The first-order chi connectivity index (χ1) is 9.46. The summed E-state index contributed by atoms with van der Waals surface area (Å²) in [7, 11) is 0. The minimum absolute atomic E-state index is 0.119. The van der Waals surface area contributed by atoms with E-state index >= 15 is 0 Å². The van der Waals surface area contributed by atoms with Gasteiger partial charge in [0, 0.05) is 25.8 Å². The van der Waals surface area contributed by atoms with E-state index in [-0.39, 0.29) is 5.60 Å². The molecule has 5 heteroatoms. The van der Waals surface area contributed by atoms with Gasteiger partial charge in [0.05, 0.1) is 24.1 Å². The van der Waals surface area contributed by atoms with Crippen LogP contribution in [0.4, 0.5) is 5.82 Å². The van der Waals surface area contributed by atoms with Gasteiger partial charge < -0.3 is 15.0 Å². The van der Waals surface area contributed by atoms with Crippen LogP contribution in [0.1, 0.15) is 33.4 Å². The van der Waals surface area contributed by atoms with Crippen molar-refractivity contribution >= 4 is 5.82 Å². The lowest BCUT2D eigenvalue weighted by Crippen LogP contribution is -2.48. The van der Waals surface area contributed by atoms with E-state index in [9.17, 15) is 0 Å². The van der Waals surface area contributed by atoms with Gasteiger partial charge in [-0.05, 0) is 26.3 Å². The molecule has 0 atom stereocenters. The Morgan fingerprint density at radius 2 is 2.20 bits per heavy atom. The maximum absolute atomic E-state index is 5.74. The standard InChI is InChI=1S/C15H26N4O/c1-12(2)7-16-8-13-9-17-10-14(18-13)19-5-6-20-15(3,4)11-19/h9-10,12,16H,5-8,11H2,1-4H3. The monoisotopic (exact) mass is 278 g/mol.